The van der Waals surface area contributed by atoms with Gasteiger partial charge in [-0.05, 0) is 18.1 Å². The maximum Gasteiger partial charge on any atom is 0.00454 e. The summed E-state index contributed by atoms with van der Waals surface area (Å²) in [6.45, 7) is 2.29. The Bertz CT molecular complexity index is 141. The summed E-state index contributed by atoms with van der Waals surface area (Å²) in [5.41, 5.74) is 0. The van der Waals surface area contributed by atoms with E-state index in [1.54, 1.807) is 10.8 Å². The molecule has 1 radical (unpaired) electrons. The number of unbranched alkanes of at least 4 members (excludes halogenated alkanes) is 15. The predicted octanol–water partition coefficient (Wildman–Crippen LogP) is 8.09. The molecule has 0 unspecified atom stereocenters. The van der Waals surface area contributed by atoms with Crippen LogP contribution >= 0.6 is 22.5 Å². The quantitative estimate of drug-likeness (QED) is 0.193. The molecule has 0 saturated carbocycles. The molecule has 0 fully saturated rings. The highest BCUT2D eigenvalue weighted by Crippen LogP contribution is 2.14. The average Bonchev–Trinajstić information content (AvgIpc) is 2.47. The highest BCUT2D eigenvalue weighted by Gasteiger charge is 1.94. The van der Waals surface area contributed by atoms with Gasteiger partial charge in [-0.25, -0.2) is 0 Å². The first-order valence-electron chi connectivity index (χ1n) is 9.16. The fourth-order valence-electron chi connectivity index (χ4n) is 2.71. The van der Waals surface area contributed by atoms with E-state index in [1.807, 2.05) is 0 Å². The van der Waals surface area contributed by atoms with Crippen molar-refractivity contribution in [2.45, 2.75) is 110 Å². The van der Waals surface area contributed by atoms with E-state index >= 15 is 0 Å². The Kier molecular flexibility index (Phi) is 20.4. The Morgan fingerprint density at radius 3 is 1.10 bits per heavy atom. The van der Waals surface area contributed by atoms with Crippen LogP contribution < -0.4 is 0 Å². The van der Waals surface area contributed by atoms with Gasteiger partial charge in [-0.15, -0.1) is 0 Å². The molecular formula is C18H37S2. The first kappa shape index (κ1) is 20.7. The lowest BCUT2D eigenvalue weighted by molar-refractivity contribution is 0.532. The molecule has 0 aromatic heterocycles. The van der Waals surface area contributed by atoms with Crippen molar-refractivity contribution in [3.63, 3.8) is 0 Å². The summed E-state index contributed by atoms with van der Waals surface area (Å²) in [5.74, 6) is 1.17. The molecular weight excluding hydrogens is 280 g/mol. The van der Waals surface area contributed by atoms with Crippen LogP contribution in [0.2, 0.25) is 0 Å². The molecule has 0 aliphatic carbocycles. The van der Waals surface area contributed by atoms with Crippen LogP contribution in [0.15, 0.2) is 0 Å². The van der Waals surface area contributed by atoms with E-state index in [2.05, 4.69) is 6.92 Å². The molecule has 0 N–H and O–H groups in total. The van der Waals surface area contributed by atoms with E-state index in [0.717, 1.165) is 0 Å². The zero-order valence-electron chi connectivity index (χ0n) is 13.8. The normalized spacial score (nSPS) is 11.1. The molecule has 0 spiro atoms. The Hall–Kier alpha value is 0.700. The van der Waals surface area contributed by atoms with Gasteiger partial charge in [-0.1, -0.05) is 114 Å². The van der Waals surface area contributed by atoms with Crippen LogP contribution in [0.1, 0.15) is 110 Å². The van der Waals surface area contributed by atoms with Gasteiger partial charge < -0.3 is 0 Å². The van der Waals surface area contributed by atoms with Crippen LogP contribution in [-0.2, 0) is 0 Å². The third kappa shape index (κ3) is 18.7. The summed E-state index contributed by atoms with van der Waals surface area (Å²) >= 11 is 4.87. The van der Waals surface area contributed by atoms with Gasteiger partial charge in [0.2, 0.25) is 0 Å². The Morgan fingerprint density at radius 1 is 0.500 bits per heavy atom. The predicted molar refractivity (Wildman–Crippen MR) is 99.6 cm³/mol. The second kappa shape index (κ2) is 19.7. The molecule has 20 heavy (non-hydrogen) atoms. The summed E-state index contributed by atoms with van der Waals surface area (Å²) in [7, 11) is 1.57. The monoisotopic (exact) mass is 317 g/mol. The first-order valence-corrected chi connectivity index (χ1v) is 11.1. The highest BCUT2D eigenvalue weighted by molar-refractivity contribution is 8.68. The zero-order chi connectivity index (χ0) is 14.7. The third-order valence-electron chi connectivity index (χ3n) is 4.08. The van der Waals surface area contributed by atoms with Gasteiger partial charge in [0, 0.05) is 5.75 Å². The summed E-state index contributed by atoms with van der Waals surface area (Å²) < 4.78 is 0. The van der Waals surface area contributed by atoms with Crippen molar-refractivity contribution >= 4 is 22.5 Å². The Morgan fingerprint density at radius 2 is 0.800 bits per heavy atom. The second-order valence-corrected chi connectivity index (χ2v) is 7.48. The van der Waals surface area contributed by atoms with Crippen molar-refractivity contribution in [3.8, 4) is 0 Å². The maximum absolute atomic E-state index is 4.87. The average molecular weight is 318 g/mol. The molecule has 0 aliphatic heterocycles. The molecule has 0 aromatic carbocycles. The van der Waals surface area contributed by atoms with Gasteiger partial charge in [-0.3, -0.25) is 0 Å². The van der Waals surface area contributed by atoms with E-state index in [4.69, 9.17) is 11.7 Å². The molecule has 0 heterocycles. The minimum absolute atomic E-state index is 1.17. The molecule has 0 nitrogen and oxygen atoms in total. The van der Waals surface area contributed by atoms with E-state index in [9.17, 15) is 0 Å². The van der Waals surface area contributed by atoms with Crippen LogP contribution in [0.5, 0.6) is 0 Å². The molecule has 0 saturated heterocycles. The van der Waals surface area contributed by atoms with Crippen molar-refractivity contribution in [3.05, 3.63) is 0 Å². The van der Waals surface area contributed by atoms with Gasteiger partial charge in [0.1, 0.15) is 0 Å². The third-order valence-corrected chi connectivity index (χ3v) is 5.04. The van der Waals surface area contributed by atoms with Gasteiger partial charge >= 0.3 is 0 Å². The van der Waals surface area contributed by atoms with Crippen LogP contribution in [0, 0.1) is 0 Å². The number of hydrogen-bond donors (Lipinski definition) is 0. The SMILES string of the molecule is CCCCCCCCCCCCCCCCCCS[S]. The molecule has 0 aromatic rings. The molecule has 121 valence electrons. The van der Waals surface area contributed by atoms with Gasteiger partial charge in [0.05, 0.1) is 0 Å². The molecule has 0 atom stereocenters. The van der Waals surface area contributed by atoms with E-state index in [-0.39, 0.29) is 0 Å². The van der Waals surface area contributed by atoms with Crippen LogP contribution in [0.25, 0.3) is 0 Å². The smallest absolute Gasteiger partial charge is 0.00454 e. The van der Waals surface area contributed by atoms with E-state index < -0.39 is 0 Å². The lowest BCUT2D eigenvalue weighted by Crippen LogP contribution is -1.84. The summed E-state index contributed by atoms with van der Waals surface area (Å²) in [4.78, 5) is 0. The lowest BCUT2D eigenvalue weighted by atomic mass is 10.0. The van der Waals surface area contributed by atoms with Gasteiger partial charge in [0.25, 0.3) is 0 Å². The van der Waals surface area contributed by atoms with Crippen molar-refractivity contribution < 1.29 is 0 Å². The minimum atomic E-state index is 1.17. The van der Waals surface area contributed by atoms with Crippen molar-refractivity contribution in [1.82, 2.24) is 0 Å². The Balaban J connectivity index is 2.89. The summed E-state index contributed by atoms with van der Waals surface area (Å²) in [6.07, 6.45) is 23.1. The van der Waals surface area contributed by atoms with E-state index in [1.165, 1.54) is 108 Å². The summed E-state index contributed by atoms with van der Waals surface area (Å²) in [5, 5.41) is 0. The van der Waals surface area contributed by atoms with Crippen LogP contribution in [-0.4, -0.2) is 5.75 Å². The largest absolute Gasteiger partial charge is 0.0817 e. The topological polar surface area (TPSA) is 0 Å². The summed E-state index contributed by atoms with van der Waals surface area (Å²) in [6, 6.07) is 0. The van der Waals surface area contributed by atoms with Crippen LogP contribution in [0.3, 0.4) is 0 Å². The standard InChI is InChI=1S/C18H37S2/c1-2-3-4-5-6-7-8-9-10-11-12-13-14-15-16-17-18-20-19/h2-18H2,1H3. The number of rotatable bonds is 17. The second-order valence-electron chi connectivity index (χ2n) is 6.13. The van der Waals surface area contributed by atoms with Crippen molar-refractivity contribution in [1.29, 1.82) is 0 Å². The number of hydrogen-bond acceptors (Lipinski definition) is 1. The maximum atomic E-state index is 4.87. The van der Waals surface area contributed by atoms with Crippen LogP contribution in [0.4, 0.5) is 0 Å². The van der Waals surface area contributed by atoms with Crippen molar-refractivity contribution in [2.75, 3.05) is 5.75 Å². The highest BCUT2D eigenvalue weighted by atomic mass is 33.1. The fourth-order valence-corrected chi connectivity index (χ4v) is 3.38. The van der Waals surface area contributed by atoms with Gasteiger partial charge in [0.15, 0.2) is 0 Å². The van der Waals surface area contributed by atoms with Crippen molar-refractivity contribution in [2.24, 2.45) is 0 Å². The molecule has 0 aliphatic rings. The molecule has 0 bridgehead atoms. The molecule has 0 rings (SSSR count). The van der Waals surface area contributed by atoms with E-state index in [0.29, 0.717) is 0 Å². The first-order chi connectivity index (χ1) is 9.91. The van der Waals surface area contributed by atoms with Gasteiger partial charge in [-0.2, -0.15) is 0 Å². The fraction of sp³-hybridized carbons (Fsp3) is 1.00. The molecule has 2 heteroatoms. The Labute approximate surface area is 138 Å². The lowest BCUT2D eigenvalue weighted by Gasteiger charge is -2.03. The zero-order valence-corrected chi connectivity index (χ0v) is 15.5. The minimum Gasteiger partial charge on any atom is -0.0817 e. The molecule has 0 amide bonds.